The number of hydrogen-bond donors (Lipinski definition) is 1. The number of carbonyl (C=O) groups is 1. The molecule has 1 aromatic carbocycles. The van der Waals surface area contributed by atoms with Gasteiger partial charge in [-0.25, -0.2) is 4.79 Å². The minimum Gasteiger partial charge on any atom is -0.463 e. The number of nitrogens with two attached hydrogens (primary N) is 1. The zero-order chi connectivity index (χ0) is 12.3. The van der Waals surface area contributed by atoms with Crippen LogP contribution in [0.25, 0.3) is 6.08 Å². The predicted molar refractivity (Wildman–Crippen MR) is 76.6 cm³/mol. The minimum atomic E-state index is -0.290. The van der Waals surface area contributed by atoms with Crippen molar-refractivity contribution in [1.29, 1.82) is 0 Å². The van der Waals surface area contributed by atoms with Crippen LogP contribution in [0, 0.1) is 0 Å². The summed E-state index contributed by atoms with van der Waals surface area (Å²) in [7, 11) is 0. The molecule has 0 atom stereocenters. The number of carbonyl (C=O) groups excluding carboxylic acids is 1. The van der Waals surface area contributed by atoms with E-state index in [2.05, 4.69) is 0 Å². The number of halogens is 1. The van der Waals surface area contributed by atoms with Crippen LogP contribution in [0.5, 0.6) is 0 Å². The maximum absolute atomic E-state index is 11.3. The molecule has 0 saturated heterocycles. The maximum atomic E-state index is 11.3. The van der Waals surface area contributed by atoms with E-state index in [1.807, 2.05) is 30.3 Å². The number of benzene rings is 1. The quantitative estimate of drug-likeness (QED) is 0.470. The van der Waals surface area contributed by atoms with Crippen molar-refractivity contribution in [2.24, 2.45) is 5.73 Å². The SMILES string of the molecule is Cl.NCCCCCOC(=O)C=Cc1ccccc1. The van der Waals surface area contributed by atoms with Gasteiger partial charge in [-0.3, -0.25) is 0 Å². The number of unbranched alkanes of at least 4 members (excludes halogenated alkanes) is 2. The Morgan fingerprint density at radius 1 is 1.17 bits per heavy atom. The minimum absolute atomic E-state index is 0. The summed E-state index contributed by atoms with van der Waals surface area (Å²) in [5.74, 6) is -0.290. The summed E-state index contributed by atoms with van der Waals surface area (Å²) < 4.78 is 5.04. The van der Waals surface area contributed by atoms with Crippen LogP contribution < -0.4 is 5.73 Å². The molecule has 0 fully saturated rings. The van der Waals surface area contributed by atoms with E-state index in [-0.39, 0.29) is 18.4 Å². The Balaban J connectivity index is 0.00000289. The van der Waals surface area contributed by atoms with Gasteiger partial charge in [0.15, 0.2) is 0 Å². The van der Waals surface area contributed by atoms with E-state index < -0.39 is 0 Å². The number of rotatable bonds is 7. The zero-order valence-corrected chi connectivity index (χ0v) is 11.2. The Morgan fingerprint density at radius 2 is 1.89 bits per heavy atom. The summed E-state index contributed by atoms with van der Waals surface area (Å²) in [5.41, 5.74) is 6.36. The molecule has 0 bridgehead atoms. The first-order chi connectivity index (χ1) is 8.33. The average molecular weight is 270 g/mol. The van der Waals surface area contributed by atoms with Crippen LogP contribution in [-0.4, -0.2) is 19.1 Å². The third-order valence-electron chi connectivity index (χ3n) is 2.30. The number of hydrogen-bond acceptors (Lipinski definition) is 3. The fourth-order valence-corrected chi connectivity index (χ4v) is 1.37. The van der Waals surface area contributed by atoms with Crippen molar-refractivity contribution in [3.8, 4) is 0 Å². The van der Waals surface area contributed by atoms with Gasteiger partial charge < -0.3 is 10.5 Å². The standard InChI is InChI=1S/C14H19NO2.ClH/c15-11-5-2-6-12-17-14(16)10-9-13-7-3-1-4-8-13;/h1,3-4,7-10H,2,5-6,11-12,15H2;1H. The first kappa shape index (κ1) is 16.7. The van der Waals surface area contributed by atoms with Crippen LogP contribution in [0.2, 0.25) is 0 Å². The first-order valence-corrected chi connectivity index (χ1v) is 5.93. The molecule has 1 rings (SSSR count). The largest absolute Gasteiger partial charge is 0.463 e. The molecule has 0 amide bonds. The fourth-order valence-electron chi connectivity index (χ4n) is 1.37. The van der Waals surface area contributed by atoms with E-state index in [1.54, 1.807) is 6.08 Å². The molecule has 2 N–H and O–H groups in total. The van der Waals surface area contributed by atoms with E-state index in [0.29, 0.717) is 13.2 Å². The van der Waals surface area contributed by atoms with Gasteiger partial charge in [-0.15, -0.1) is 12.4 Å². The Morgan fingerprint density at radius 3 is 2.56 bits per heavy atom. The molecule has 100 valence electrons. The summed E-state index contributed by atoms with van der Waals surface area (Å²) in [5, 5.41) is 0. The smallest absolute Gasteiger partial charge is 0.330 e. The second-order valence-corrected chi connectivity index (χ2v) is 3.76. The second-order valence-electron chi connectivity index (χ2n) is 3.76. The fraction of sp³-hybridized carbons (Fsp3) is 0.357. The Bertz CT molecular complexity index is 352. The van der Waals surface area contributed by atoms with Crippen LogP contribution >= 0.6 is 12.4 Å². The molecular formula is C14H20ClNO2. The van der Waals surface area contributed by atoms with Crippen molar-refractivity contribution in [1.82, 2.24) is 0 Å². The summed E-state index contributed by atoms with van der Waals surface area (Å²) in [4.78, 5) is 11.3. The van der Waals surface area contributed by atoms with Gasteiger partial charge in [0.25, 0.3) is 0 Å². The highest BCUT2D eigenvalue weighted by atomic mass is 35.5. The van der Waals surface area contributed by atoms with Crippen molar-refractivity contribution in [3.05, 3.63) is 42.0 Å². The lowest BCUT2D eigenvalue weighted by Gasteiger charge is -2.00. The lowest BCUT2D eigenvalue weighted by molar-refractivity contribution is -0.137. The van der Waals surface area contributed by atoms with Gasteiger partial charge in [0.1, 0.15) is 0 Å². The average Bonchev–Trinajstić information content (AvgIpc) is 2.37. The summed E-state index contributed by atoms with van der Waals surface area (Å²) in [6, 6.07) is 9.67. The highest BCUT2D eigenvalue weighted by Gasteiger charge is 1.96. The van der Waals surface area contributed by atoms with Gasteiger partial charge in [0.2, 0.25) is 0 Å². The van der Waals surface area contributed by atoms with Crippen LogP contribution in [0.4, 0.5) is 0 Å². The van der Waals surface area contributed by atoms with Gasteiger partial charge in [-0.05, 0) is 37.4 Å². The van der Waals surface area contributed by atoms with Crippen molar-refractivity contribution < 1.29 is 9.53 Å². The molecule has 1 aromatic rings. The van der Waals surface area contributed by atoms with Crippen molar-refractivity contribution in [2.75, 3.05) is 13.2 Å². The lowest BCUT2D eigenvalue weighted by Crippen LogP contribution is -2.03. The molecule has 4 heteroatoms. The molecule has 0 saturated carbocycles. The second kappa shape index (κ2) is 10.8. The van der Waals surface area contributed by atoms with E-state index in [4.69, 9.17) is 10.5 Å². The van der Waals surface area contributed by atoms with Gasteiger partial charge in [0.05, 0.1) is 6.61 Å². The molecule has 0 unspecified atom stereocenters. The van der Waals surface area contributed by atoms with E-state index in [0.717, 1.165) is 24.8 Å². The predicted octanol–water partition coefficient (Wildman–Crippen LogP) is 2.79. The highest BCUT2D eigenvalue weighted by Crippen LogP contribution is 2.01. The zero-order valence-electron chi connectivity index (χ0n) is 10.4. The monoisotopic (exact) mass is 269 g/mol. The molecule has 0 radical (unpaired) electrons. The molecule has 0 aliphatic carbocycles. The third-order valence-corrected chi connectivity index (χ3v) is 2.30. The number of esters is 1. The highest BCUT2D eigenvalue weighted by molar-refractivity contribution is 5.87. The third kappa shape index (κ3) is 7.87. The normalized spacial score (nSPS) is 10.1. The molecule has 0 aliphatic rings. The van der Waals surface area contributed by atoms with E-state index >= 15 is 0 Å². The molecule has 18 heavy (non-hydrogen) atoms. The van der Waals surface area contributed by atoms with Crippen LogP contribution in [-0.2, 0) is 9.53 Å². The molecule has 0 heterocycles. The maximum Gasteiger partial charge on any atom is 0.330 e. The topological polar surface area (TPSA) is 52.3 Å². The van der Waals surface area contributed by atoms with Crippen LogP contribution in [0.15, 0.2) is 36.4 Å². The molecular weight excluding hydrogens is 250 g/mol. The van der Waals surface area contributed by atoms with Crippen molar-refractivity contribution >= 4 is 24.5 Å². The Kier molecular flexibility index (Phi) is 10.0. The summed E-state index contributed by atoms with van der Waals surface area (Å²) in [6.07, 6.45) is 6.08. The van der Waals surface area contributed by atoms with Crippen LogP contribution in [0.3, 0.4) is 0 Å². The first-order valence-electron chi connectivity index (χ1n) is 5.93. The Hall–Kier alpha value is -1.32. The number of ether oxygens (including phenoxy) is 1. The summed E-state index contributed by atoms with van der Waals surface area (Å²) in [6.45, 7) is 1.17. The molecule has 0 aromatic heterocycles. The summed E-state index contributed by atoms with van der Waals surface area (Å²) >= 11 is 0. The van der Waals surface area contributed by atoms with Gasteiger partial charge in [-0.2, -0.15) is 0 Å². The van der Waals surface area contributed by atoms with Gasteiger partial charge >= 0.3 is 5.97 Å². The lowest BCUT2D eigenvalue weighted by atomic mass is 10.2. The molecule has 0 spiro atoms. The van der Waals surface area contributed by atoms with Gasteiger partial charge in [0, 0.05) is 6.08 Å². The van der Waals surface area contributed by atoms with Gasteiger partial charge in [-0.1, -0.05) is 30.3 Å². The van der Waals surface area contributed by atoms with Crippen LogP contribution in [0.1, 0.15) is 24.8 Å². The van der Waals surface area contributed by atoms with Crippen molar-refractivity contribution in [2.45, 2.75) is 19.3 Å². The molecule has 3 nitrogen and oxygen atoms in total. The van der Waals surface area contributed by atoms with Crippen molar-refractivity contribution in [3.63, 3.8) is 0 Å². The van der Waals surface area contributed by atoms with E-state index in [1.165, 1.54) is 6.08 Å². The van der Waals surface area contributed by atoms with E-state index in [9.17, 15) is 4.79 Å². The Labute approximate surface area is 114 Å². The molecule has 0 aliphatic heterocycles.